The second kappa shape index (κ2) is 8.24. The van der Waals surface area contributed by atoms with E-state index in [4.69, 9.17) is 4.74 Å². The van der Waals surface area contributed by atoms with Crippen molar-refractivity contribution < 1.29 is 27.5 Å². The molecule has 0 aliphatic heterocycles. The zero-order chi connectivity index (χ0) is 17.6. The van der Waals surface area contributed by atoms with Crippen molar-refractivity contribution in [2.45, 2.75) is 37.3 Å². The second-order valence-electron chi connectivity index (χ2n) is 5.26. The average Bonchev–Trinajstić information content (AvgIpc) is 2.43. The molecule has 1 aromatic carbocycles. The van der Waals surface area contributed by atoms with E-state index < -0.39 is 23.5 Å². The van der Waals surface area contributed by atoms with Gasteiger partial charge in [0, 0.05) is 11.4 Å². The average molecular weight is 349 g/mol. The fraction of sp³-hybridized carbons (Fsp3) is 0.467. The van der Waals surface area contributed by atoms with Crippen LogP contribution in [0.2, 0.25) is 0 Å². The molecule has 0 fully saturated rings. The normalized spacial score (nSPS) is 12.8. The van der Waals surface area contributed by atoms with Crippen LogP contribution in [0.15, 0.2) is 29.2 Å². The lowest BCUT2D eigenvalue weighted by Gasteiger charge is -2.14. The minimum Gasteiger partial charge on any atom is -0.449 e. The molecule has 1 atom stereocenters. The molecule has 1 amide bonds. The summed E-state index contributed by atoms with van der Waals surface area (Å²) in [6, 6.07) is 4.82. The van der Waals surface area contributed by atoms with E-state index in [-0.39, 0.29) is 28.1 Å². The first kappa shape index (κ1) is 19.3. The van der Waals surface area contributed by atoms with Crippen molar-refractivity contribution in [1.82, 2.24) is 5.32 Å². The highest BCUT2D eigenvalue weighted by atomic mass is 32.2. The first-order valence-corrected chi connectivity index (χ1v) is 7.74. The Morgan fingerprint density at radius 3 is 2.22 bits per heavy atom. The Bertz CT molecular complexity index is 544. The van der Waals surface area contributed by atoms with Crippen molar-refractivity contribution in [2.75, 3.05) is 6.54 Å². The molecule has 0 heterocycles. The zero-order valence-electron chi connectivity index (χ0n) is 12.9. The molecule has 0 saturated heterocycles. The molecule has 1 rings (SSSR count). The molecule has 0 spiro atoms. The van der Waals surface area contributed by atoms with Gasteiger partial charge in [0.05, 0.1) is 5.56 Å². The molecule has 0 aliphatic carbocycles. The first-order chi connectivity index (χ1) is 10.6. The Morgan fingerprint density at radius 2 is 1.74 bits per heavy atom. The summed E-state index contributed by atoms with van der Waals surface area (Å²) in [6.45, 7) is 5.75. The van der Waals surface area contributed by atoms with Crippen LogP contribution in [0, 0.1) is 5.92 Å². The van der Waals surface area contributed by atoms with Crippen molar-refractivity contribution in [1.29, 1.82) is 0 Å². The molecule has 23 heavy (non-hydrogen) atoms. The molecule has 4 nitrogen and oxygen atoms in total. The van der Waals surface area contributed by atoms with E-state index in [1.54, 1.807) is 0 Å². The molecule has 0 radical (unpaired) electrons. The van der Waals surface area contributed by atoms with Gasteiger partial charge in [0.15, 0.2) is 6.10 Å². The standard InChI is InChI=1S/C15H18F3NO3S/c1-9(2)8-19-13(20)10(3)22-14(21)11-4-6-12(7-5-11)23-15(16,17)18/h4-7,9-10H,8H2,1-3H3,(H,19,20)/t10-/m0/s1. The lowest BCUT2D eigenvalue weighted by Crippen LogP contribution is -2.37. The minimum absolute atomic E-state index is 0.0308. The van der Waals surface area contributed by atoms with E-state index in [0.29, 0.717) is 6.54 Å². The van der Waals surface area contributed by atoms with Crippen LogP contribution >= 0.6 is 11.8 Å². The smallest absolute Gasteiger partial charge is 0.446 e. The lowest BCUT2D eigenvalue weighted by molar-refractivity contribution is -0.129. The fourth-order valence-electron chi connectivity index (χ4n) is 1.52. The summed E-state index contributed by atoms with van der Waals surface area (Å²) in [5.41, 5.74) is -4.30. The topological polar surface area (TPSA) is 55.4 Å². The van der Waals surface area contributed by atoms with Gasteiger partial charge in [-0.3, -0.25) is 4.79 Å². The monoisotopic (exact) mass is 349 g/mol. The van der Waals surface area contributed by atoms with Crippen LogP contribution in [0.4, 0.5) is 13.2 Å². The number of benzene rings is 1. The number of hydrogen-bond acceptors (Lipinski definition) is 4. The number of thioether (sulfide) groups is 1. The summed E-state index contributed by atoms with van der Waals surface area (Å²) in [4.78, 5) is 23.5. The van der Waals surface area contributed by atoms with E-state index in [9.17, 15) is 22.8 Å². The van der Waals surface area contributed by atoms with E-state index in [1.807, 2.05) is 13.8 Å². The summed E-state index contributed by atoms with van der Waals surface area (Å²) in [5.74, 6) is -0.919. The fourth-order valence-corrected chi connectivity index (χ4v) is 2.06. The highest BCUT2D eigenvalue weighted by Gasteiger charge is 2.29. The first-order valence-electron chi connectivity index (χ1n) is 6.93. The van der Waals surface area contributed by atoms with Gasteiger partial charge >= 0.3 is 11.5 Å². The minimum atomic E-state index is -4.38. The number of amides is 1. The Hall–Kier alpha value is -1.70. The third kappa shape index (κ3) is 7.40. The van der Waals surface area contributed by atoms with Gasteiger partial charge in [-0.15, -0.1) is 0 Å². The Kier molecular flexibility index (Phi) is 6.93. The number of esters is 1. The maximum atomic E-state index is 12.2. The van der Waals surface area contributed by atoms with Crippen LogP contribution in [-0.4, -0.2) is 30.0 Å². The highest BCUT2D eigenvalue weighted by molar-refractivity contribution is 8.00. The lowest BCUT2D eigenvalue weighted by atomic mass is 10.2. The quantitative estimate of drug-likeness (QED) is 0.630. The maximum absolute atomic E-state index is 12.2. The van der Waals surface area contributed by atoms with Crippen LogP contribution in [0.1, 0.15) is 31.1 Å². The van der Waals surface area contributed by atoms with Crippen molar-refractivity contribution in [2.24, 2.45) is 5.92 Å². The molecule has 1 aromatic rings. The van der Waals surface area contributed by atoms with Gasteiger partial charge in [-0.2, -0.15) is 13.2 Å². The van der Waals surface area contributed by atoms with Gasteiger partial charge in [0.2, 0.25) is 0 Å². The summed E-state index contributed by atoms with van der Waals surface area (Å²) >= 11 is -0.267. The molecule has 1 N–H and O–H groups in total. The number of alkyl halides is 3. The van der Waals surface area contributed by atoms with E-state index in [2.05, 4.69) is 5.32 Å². The third-order valence-corrected chi connectivity index (χ3v) is 3.40. The molecule has 0 saturated carbocycles. The molecule has 128 valence electrons. The predicted octanol–water partition coefficient (Wildman–Crippen LogP) is 3.62. The second-order valence-corrected chi connectivity index (χ2v) is 6.40. The number of carbonyl (C=O) groups is 2. The van der Waals surface area contributed by atoms with Crippen LogP contribution < -0.4 is 5.32 Å². The molecule has 0 aliphatic rings. The van der Waals surface area contributed by atoms with Crippen molar-refractivity contribution in [3.8, 4) is 0 Å². The number of hydrogen-bond donors (Lipinski definition) is 1. The summed E-state index contributed by atoms with van der Waals surface area (Å²) in [5, 5.41) is 2.63. The van der Waals surface area contributed by atoms with Crippen LogP contribution in [0.5, 0.6) is 0 Å². The van der Waals surface area contributed by atoms with Gasteiger partial charge in [-0.1, -0.05) is 13.8 Å². The maximum Gasteiger partial charge on any atom is 0.446 e. The number of carbonyl (C=O) groups excluding carboxylic acids is 2. The van der Waals surface area contributed by atoms with Gasteiger partial charge in [0.1, 0.15) is 0 Å². The molecular formula is C15H18F3NO3S. The molecule has 0 bridgehead atoms. The third-order valence-electron chi connectivity index (χ3n) is 2.66. The van der Waals surface area contributed by atoms with Gasteiger partial charge in [-0.05, 0) is 48.9 Å². The zero-order valence-corrected chi connectivity index (χ0v) is 13.8. The number of rotatable bonds is 6. The van der Waals surface area contributed by atoms with Crippen molar-refractivity contribution in [3.63, 3.8) is 0 Å². The number of ether oxygens (including phenoxy) is 1. The molecule has 0 unspecified atom stereocenters. The highest BCUT2D eigenvalue weighted by Crippen LogP contribution is 2.36. The Morgan fingerprint density at radius 1 is 1.17 bits per heavy atom. The van der Waals surface area contributed by atoms with Gasteiger partial charge < -0.3 is 10.1 Å². The SMILES string of the molecule is CC(C)CNC(=O)[C@H](C)OC(=O)c1ccc(SC(F)(F)F)cc1. The van der Waals surface area contributed by atoms with E-state index >= 15 is 0 Å². The van der Waals surface area contributed by atoms with Gasteiger partial charge in [0.25, 0.3) is 5.91 Å². The number of halogens is 3. The van der Waals surface area contributed by atoms with Gasteiger partial charge in [-0.25, -0.2) is 4.79 Å². The van der Waals surface area contributed by atoms with E-state index in [0.717, 1.165) is 0 Å². The summed E-state index contributed by atoms with van der Waals surface area (Å²) in [6.07, 6.45) is -0.981. The van der Waals surface area contributed by atoms with Crippen LogP contribution in [0.3, 0.4) is 0 Å². The molecule has 0 aromatic heterocycles. The number of nitrogens with one attached hydrogen (secondary N) is 1. The molecule has 8 heteroatoms. The van der Waals surface area contributed by atoms with E-state index in [1.165, 1.54) is 31.2 Å². The molecular weight excluding hydrogens is 331 g/mol. The van der Waals surface area contributed by atoms with Crippen molar-refractivity contribution >= 4 is 23.6 Å². The van der Waals surface area contributed by atoms with Crippen LogP contribution in [0.25, 0.3) is 0 Å². The van der Waals surface area contributed by atoms with Crippen LogP contribution in [-0.2, 0) is 9.53 Å². The Labute approximate surface area is 136 Å². The Balaban J connectivity index is 2.59. The largest absolute Gasteiger partial charge is 0.449 e. The predicted molar refractivity (Wildman–Crippen MR) is 81.1 cm³/mol. The van der Waals surface area contributed by atoms with Crippen molar-refractivity contribution in [3.05, 3.63) is 29.8 Å². The summed E-state index contributed by atoms with van der Waals surface area (Å²) in [7, 11) is 0. The summed E-state index contributed by atoms with van der Waals surface area (Å²) < 4.78 is 41.6.